The van der Waals surface area contributed by atoms with Crippen LogP contribution in [0.4, 0.5) is 0 Å². The Hall–Kier alpha value is -0.270. The van der Waals surface area contributed by atoms with Gasteiger partial charge in [-0.15, -0.1) is 0 Å². The van der Waals surface area contributed by atoms with Crippen molar-refractivity contribution in [2.75, 3.05) is 0 Å². The monoisotopic (exact) mass is 229 g/mol. The quantitative estimate of drug-likeness (QED) is 0.664. The van der Waals surface area contributed by atoms with Crippen LogP contribution in [0.25, 0.3) is 0 Å². The maximum atomic E-state index is 6.18. The lowest BCUT2D eigenvalue weighted by molar-refractivity contribution is 0.837. The van der Waals surface area contributed by atoms with Gasteiger partial charge in [0.25, 0.3) is 0 Å². The van der Waals surface area contributed by atoms with E-state index in [2.05, 4.69) is 18.8 Å². The second-order valence-electron chi connectivity index (χ2n) is 4.06. The number of aryl methyl sites for hydroxylation is 1. The van der Waals surface area contributed by atoms with Crippen LogP contribution in [0.1, 0.15) is 43.0 Å². The molecule has 0 spiro atoms. The second-order valence-corrected chi connectivity index (χ2v) is 4.80. The fourth-order valence-electron chi connectivity index (χ4n) is 2.15. The number of halogens is 2. The molecule has 1 aromatic heterocycles. The van der Waals surface area contributed by atoms with Crippen LogP contribution in [0.15, 0.2) is 0 Å². The summed E-state index contributed by atoms with van der Waals surface area (Å²) in [6, 6.07) is 0. The summed E-state index contributed by atoms with van der Waals surface area (Å²) in [5.41, 5.74) is 3.71. The summed E-state index contributed by atoms with van der Waals surface area (Å²) in [7, 11) is 0. The van der Waals surface area contributed by atoms with Crippen molar-refractivity contribution in [2.24, 2.45) is 0 Å². The molecule has 0 aromatic carbocycles. The SMILES string of the molecule is CC(C)c1c(Cl)c(Cl)nc2c1CCC2. The summed E-state index contributed by atoms with van der Waals surface area (Å²) in [6.45, 7) is 4.30. The second kappa shape index (κ2) is 3.71. The molecule has 1 aliphatic rings. The third-order valence-electron chi connectivity index (χ3n) is 2.74. The molecule has 0 radical (unpaired) electrons. The molecular formula is C11H13Cl2N. The van der Waals surface area contributed by atoms with Crippen LogP contribution in [-0.4, -0.2) is 4.98 Å². The minimum absolute atomic E-state index is 0.426. The lowest BCUT2D eigenvalue weighted by Crippen LogP contribution is -2.00. The molecule has 0 saturated carbocycles. The van der Waals surface area contributed by atoms with Gasteiger partial charge in [0, 0.05) is 5.69 Å². The summed E-state index contributed by atoms with van der Waals surface area (Å²) >= 11 is 12.2. The third kappa shape index (κ3) is 1.53. The van der Waals surface area contributed by atoms with Crippen LogP contribution < -0.4 is 0 Å². The standard InChI is InChI=1S/C11H13Cl2N/c1-6(2)9-7-4-3-5-8(7)14-11(13)10(9)12/h6H,3-5H2,1-2H3. The number of nitrogens with zero attached hydrogens (tertiary/aromatic N) is 1. The minimum atomic E-state index is 0.426. The van der Waals surface area contributed by atoms with E-state index in [-0.39, 0.29) is 0 Å². The van der Waals surface area contributed by atoms with Crippen molar-refractivity contribution in [2.45, 2.75) is 39.0 Å². The van der Waals surface area contributed by atoms with Crippen molar-refractivity contribution in [3.8, 4) is 0 Å². The first kappa shape index (κ1) is 10.3. The molecule has 14 heavy (non-hydrogen) atoms. The lowest BCUT2D eigenvalue weighted by Gasteiger charge is -2.14. The molecule has 0 bridgehead atoms. The van der Waals surface area contributed by atoms with Crippen molar-refractivity contribution in [1.82, 2.24) is 4.98 Å². The molecule has 0 atom stereocenters. The minimum Gasteiger partial charge on any atom is -0.239 e. The van der Waals surface area contributed by atoms with Crippen LogP contribution in [0.5, 0.6) is 0 Å². The Morgan fingerprint density at radius 2 is 1.93 bits per heavy atom. The maximum Gasteiger partial charge on any atom is 0.148 e. The number of aromatic nitrogens is 1. The van der Waals surface area contributed by atoms with Crippen LogP contribution in [0, 0.1) is 0 Å². The molecule has 76 valence electrons. The fourth-order valence-corrected chi connectivity index (χ4v) is 2.73. The molecular weight excluding hydrogens is 217 g/mol. The van der Waals surface area contributed by atoms with Crippen LogP contribution in [-0.2, 0) is 12.8 Å². The van der Waals surface area contributed by atoms with E-state index in [9.17, 15) is 0 Å². The predicted molar refractivity (Wildman–Crippen MR) is 60.4 cm³/mol. The number of pyridine rings is 1. The predicted octanol–water partition coefficient (Wildman–Crippen LogP) is 4.00. The Morgan fingerprint density at radius 1 is 1.21 bits per heavy atom. The van der Waals surface area contributed by atoms with Crippen molar-refractivity contribution in [3.05, 3.63) is 27.0 Å². The topological polar surface area (TPSA) is 12.9 Å². The fraction of sp³-hybridized carbons (Fsp3) is 0.545. The van der Waals surface area contributed by atoms with E-state index in [1.54, 1.807) is 0 Å². The molecule has 1 aliphatic carbocycles. The first-order valence-corrected chi connectivity index (χ1v) is 5.73. The van der Waals surface area contributed by atoms with Gasteiger partial charge in [-0.25, -0.2) is 4.98 Å². The average molecular weight is 230 g/mol. The molecule has 2 rings (SSSR count). The number of rotatable bonds is 1. The molecule has 3 heteroatoms. The Labute approximate surface area is 94.4 Å². The van der Waals surface area contributed by atoms with Gasteiger partial charge >= 0.3 is 0 Å². The van der Waals surface area contributed by atoms with Crippen LogP contribution >= 0.6 is 23.2 Å². The number of fused-ring (bicyclic) bond motifs is 1. The third-order valence-corrected chi connectivity index (χ3v) is 3.49. The zero-order chi connectivity index (χ0) is 10.3. The van der Waals surface area contributed by atoms with Gasteiger partial charge in [-0.05, 0) is 36.3 Å². The first-order chi connectivity index (χ1) is 6.61. The summed E-state index contributed by atoms with van der Waals surface area (Å²) in [6.07, 6.45) is 3.33. The molecule has 0 saturated heterocycles. The molecule has 1 nitrogen and oxygen atoms in total. The van der Waals surface area contributed by atoms with Crippen LogP contribution in [0.2, 0.25) is 10.2 Å². The smallest absolute Gasteiger partial charge is 0.148 e. The van der Waals surface area contributed by atoms with E-state index >= 15 is 0 Å². The van der Waals surface area contributed by atoms with Gasteiger partial charge < -0.3 is 0 Å². The van der Waals surface area contributed by atoms with Gasteiger partial charge in [0.2, 0.25) is 0 Å². The number of hydrogen-bond donors (Lipinski definition) is 0. The van der Waals surface area contributed by atoms with E-state index in [1.807, 2.05) is 0 Å². The van der Waals surface area contributed by atoms with E-state index in [4.69, 9.17) is 23.2 Å². The van der Waals surface area contributed by atoms with Crippen molar-refractivity contribution in [3.63, 3.8) is 0 Å². The van der Waals surface area contributed by atoms with Gasteiger partial charge in [-0.2, -0.15) is 0 Å². The highest BCUT2D eigenvalue weighted by molar-refractivity contribution is 6.41. The highest BCUT2D eigenvalue weighted by Crippen LogP contribution is 2.37. The van der Waals surface area contributed by atoms with Gasteiger partial charge in [0.15, 0.2) is 0 Å². The molecule has 0 amide bonds. The zero-order valence-electron chi connectivity index (χ0n) is 8.40. The van der Waals surface area contributed by atoms with Gasteiger partial charge in [0.05, 0.1) is 5.02 Å². The average Bonchev–Trinajstić information content (AvgIpc) is 2.52. The largest absolute Gasteiger partial charge is 0.239 e. The molecule has 0 N–H and O–H groups in total. The Morgan fingerprint density at radius 3 is 2.57 bits per heavy atom. The highest BCUT2D eigenvalue weighted by Gasteiger charge is 2.22. The van der Waals surface area contributed by atoms with Crippen molar-refractivity contribution in [1.29, 1.82) is 0 Å². The summed E-state index contributed by atoms with van der Waals surface area (Å²) in [4.78, 5) is 4.33. The van der Waals surface area contributed by atoms with Gasteiger partial charge in [-0.1, -0.05) is 37.0 Å². The zero-order valence-corrected chi connectivity index (χ0v) is 9.91. The van der Waals surface area contributed by atoms with E-state index < -0.39 is 0 Å². The molecule has 1 aromatic rings. The van der Waals surface area contributed by atoms with Gasteiger partial charge in [0.1, 0.15) is 5.15 Å². The van der Waals surface area contributed by atoms with Crippen LogP contribution in [0.3, 0.4) is 0 Å². The molecule has 1 heterocycles. The first-order valence-electron chi connectivity index (χ1n) is 4.98. The van der Waals surface area contributed by atoms with Gasteiger partial charge in [-0.3, -0.25) is 0 Å². The number of hydrogen-bond acceptors (Lipinski definition) is 1. The van der Waals surface area contributed by atoms with Crippen molar-refractivity contribution < 1.29 is 0 Å². The van der Waals surface area contributed by atoms with Crippen molar-refractivity contribution >= 4 is 23.2 Å². The van der Waals surface area contributed by atoms with E-state index in [0.717, 1.165) is 18.5 Å². The Balaban J connectivity index is 2.66. The maximum absolute atomic E-state index is 6.18. The normalized spacial score (nSPS) is 14.9. The summed E-state index contributed by atoms with van der Waals surface area (Å²) in [5.74, 6) is 0.426. The summed E-state index contributed by atoms with van der Waals surface area (Å²) in [5, 5.41) is 1.12. The Bertz CT molecular complexity index is 372. The lowest BCUT2D eigenvalue weighted by atomic mass is 9.97. The highest BCUT2D eigenvalue weighted by atomic mass is 35.5. The molecule has 0 fully saturated rings. The molecule has 0 unspecified atom stereocenters. The Kier molecular flexibility index (Phi) is 2.72. The van der Waals surface area contributed by atoms with E-state index in [0.29, 0.717) is 16.1 Å². The van der Waals surface area contributed by atoms with E-state index in [1.165, 1.54) is 17.5 Å². The summed E-state index contributed by atoms with van der Waals surface area (Å²) < 4.78 is 0. The molecule has 0 aliphatic heterocycles.